The van der Waals surface area contributed by atoms with Gasteiger partial charge in [-0.05, 0) is 37.3 Å². The molecular formula is C22H19ClF3N5O2. The van der Waals surface area contributed by atoms with Gasteiger partial charge in [0.1, 0.15) is 5.82 Å². The van der Waals surface area contributed by atoms with Crippen LogP contribution in [-0.2, 0) is 6.18 Å². The van der Waals surface area contributed by atoms with Crippen molar-refractivity contribution in [3.8, 4) is 5.69 Å². The molecule has 1 saturated heterocycles. The van der Waals surface area contributed by atoms with E-state index in [1.165, 1.54) is 27.8 Å². The van der Waals surface area contributed by atoms with Crippen molar-refractivity contribution in [3.63, 3.8) is 0 Å². The minimum absolute atomic E-state index is 0.106. The van der Waals surface area contributed by atoms with Gasteiger partial charge in [0.2, 0.25) is 5.43 Å². The zero-order valence-corrected chi connectivity index (χ0v) is 18.3. The van der Waals surface area contributed by atoms with Gasteiger partial charge in [-0.3, -0.25) is 9.59 Å². The molecule has 0 spiro atoms. The summed E-state index contributed by atoms with van der Waals surface area (Å²) in [5.41, 5.74) is -1.34. The van der Waals surface area contributed by atoms with Gasteiger partial charge in [0.25, 0.3) is 5.91 Å². The maximum absolute atomic E-state index is 13.1. The number of nitrogens with zero attached hydrogens (tertiary/aromatic N) is 5. The predicted octanol–water partition coefficient (Wildman–Crippen LogP) is 3.57. The topological polar surface area (TPSA) is 71.3 Å². The summed E-state index contributed by atoms with van der Waals surface area (Å²) < 4.78 is 40.5. The number of carbonyl (C=O) groups is 1. The lowest BCUT2D eigenvalue weighted by atomic mass is 10.2. The van der Waals surface area contributed by atoms with Crippen molar-refractivity contribution in [2.24, 2.45) is 0 Å². The lowest BCUT2D eigenvalue weighted by Gasteiger charge is -2.35. The van der Waals surface area contributed by atoms with E-state index in [4.69, 9.17) is 11.6 Å². The Kier molecular flexibility index (Phi) is 6.11. The van der Waals surface area contributed by atoms with Crippen molar-refractivity contribution in [2.75, 3.05) is 31.1 Å². The van der Waals surface area contributed by atoms with E-state index in [1.807, 2.05) is 4.90 Å². The van der Waals surface area contributed by atoms with E-state index >= 15 is 0 Å². The van der Waals surface area contributed by atoms with E-state index in [9.17, 15) is 22.8 Å². The first-order chi connectivity index (χ1) is 15.6. The molecule has 1 amide bonds. The third kappa shape index (κ3) is 4.85. The molecule has 3 aromatic rings. The number of carbonyl (C=O) groups excluding carboxylic acids is 1. The van der Waals surface area contributed by atoms with E-state index in [0.717, 1.165) is 18.0 Å². The van der Waals surface area contributed by atoms with Gasteiger partial charge in [-0.1, -0.05) is 17.7 Å². The molecule has 0 saturated carbocycles. The maximum Gasteiger partial charge on any atom is 0.416 e. The highest BCUT2D eigenvalue weighted by atomic mass is 35.5. The van der Waals surface area contributed by atoms with Gasteiger partial charge in [-0.2, -0.15) is 18.3 Å². The standard InChI is InChI=1S/C22H19ClF3N5O2/c1-14-11-18(32)20(28-31(14)17-4-2-3-15(12-17)22(24,25)26)21(33)30-9-7-29(8-10-30)19-6-5-16(23)13-27-19/h2-6,11-13H,7-10H2,1H3. The molecule has 1 fully saturated rings. The van der Waals surface area contributed by atoms with Crippen molar-refractivity contribution in [2.45, 2.75) is 13.1 Å². The molecule has 1 aromatic carbocycles. The van der Waals surface area contributed by atoms with Crippen LogP contribution in [0.3, 0.4) is 0 Å². The van der Waals surface area contributed by atoms with E-state index in [2.05, 4.69) is 10.1 Å². The van der Waals surface area contributed by atoms with Gasteiger partial charge in [0, 0.05) is 44.1 Å². The number of alkyl halides is 3. The molecule has 1 aliphatic heterocycles. The molecule has 0 atom stereocenters. The molecule has 0 N–H and O–H groups in total. The molecule has 0 radical (unpaired) electrons. The number of amides is 1. The fourth-order valence-electron chi connectivity index (χ4n) is 3.61. The molecule has 11 heteroatoms. The number of hydrogen-bond acceptors (Lipinski definition) is 5. The molecule has 3 heterocycles. The van der Waals surface area contributed by atoms with Crippen molar-refractivity contribution in [1.29, 1.82) is 0 Å². The lowest BCUT2D eigenvalue weighted by molar-refractivity contribution is -0.137. The monoisotopic (exact) mass is 477 g/mol. The zero-order chi connectivity index (χ0) is 23.8. The second-order valence-electron chi connectivity index (χ2n) is 7.57. The van der Waals surface area contributed by atoms with Gasteiger partial charge < -0.3 is 9.80 Å². The largest absolute Gasteiger partial charge is 0.416 e. The summed E-state index contributed by atoms with van der Waals surface area (Å²) in [6, 6.07) is 9.28. The summed E-state index contributed by atoms with van der Waals surface area (Å²) in [7, 11) is 0. The van der Waals surface area contributed by atoms with Gasteiger partial charge in [-0.25, -0.2) is 9.67 Å². The molecule has 172 valence electrons. The van der Waals surface area contributed by atoms with Crippen LogP contribution in [0.4, 0.5) is 19.0 Å². The fourth-order valence-corrected chi connectivity index (χ4v) is 3.73. The van der Waals surface area contributed by atoms with Gasteiger partial charge in [-0.15, -0.1) is 0 Å². The number of hydrogen-bond donors (Lipinski definition) is 0. The molecule has 0 bridgehead atoms. The quantitative estimate of drug-likeness (QED) is 0.577. The minimum Gasteiger partial charge on any atom is -0.353 e. The summed E-state index contributed by atoms with van der Waals surface area (Å²) in [4.78, 5) is 33.3. The highest BCUT2D eigenvalue weighted by Gasteiger charge is 2.31. The first-order valence-corrected chi connectivity index (χ1v) is 10.5. The van der Waals surface area contributed by atoms with Crippen LogP contribution in [0.2, 0.25) is 5.02 Å². The summed E-state index contributed by atoms with van der Waals surface area (Å²) in [5.74, 6) is 0.163. The Morgan fingerprint density at radius 2 is 1.79 bits per heavy atom. The average molecular weight is 478 g/mol. The highest BCUT2D eigenvalue weighted by Crippen LogP contribution is 2.30. The number of aryl methyl sites for hydroxylation is 1. The zero-order valence-electron chi connectivity index (χ0n) is 17.5. The third-order valence-electron chi connectivity index (χ3n) is 5.33. The first-order valence-electron chi connectivity index (χ1n) is 10.1. The fraction of sp³-hybridized carbons (Fsp3) is 0.273. The van der Waals surface area contributed by atoms with Crippen molar-refractivity contribution in [1.82, 2.24) is 19.7 Å². The summed E-state index contributed by atoms with van der Waals surface area (Å²) in [6.45, 7) is 3.20. The maximum atomic E-state index is 13.1. The lowest BCUT2D eigenvalue weighted by Crippen LogP contribution is -2.50. The van der Waals surface area contributed by atoms with Crippen LogP contribution in [0.5, 0.6) is 0 Å². The van der Waals surface area contributed by atoms with E-state index in [0.29, 0.717) is 36.9 Å². The van der Waals surface area contributed by atoms with E-state index in [1.54, 1.807) is 25.3 Å². The van der Waals surface area contributed by atoms with Crippen LogP contribution in [0.25, 0.3) is 5.69 Å². The Labute approximate surface area is 192 Å². The van der Waals surface area contributed by atoms with Crippen molar-refractivity contribution < 1.29 is 18.0 Å². The van der Waals surface area contributed by atoms with Crippen LogP contribution in [-0.4, -0.2) is 51.8 Å². The Morgan fingerprint density at radius 3 is 2.42 bits per heavy atom. The number of aromatic nitrogens is 3. The van der Waals surface area contributed by atoms with Crippen molar-refractivity contribution in [3.05, 3.63) is 80.9 Å². The molecule has 7 nitrogen and oxygen atoms in total. The van der Waals surface area contributed by atoms with Crippen LogP contribution < -0.4 is 10.3 Å². The van der Waals surface area contributed by atoms with Crippen molar-refractivity contribution >= 4 is 23.3 Å². The van der Waals surface area contributed by atoms with Crippen LogP contribution in [0.1, 0.15) is 21.7 Å². The molecule has 33 heavy (non-hydrogen) atoms. The second kappa shape index (κ2) is 8.86. The number of anilines is 1. The second-order valence-corrected chi connectivity index (χ2v) is 8.01. The Morgan fingerprint density at radius 1 is 1.06 bits per heavy atom. The predicted molar refractivity (Wildman–Crippen MR) is 117 cm³/mol. The SMILES string of the molecule is Cc1cc(=O)c(C(=O)N2CCN(c3ccc(Cl)cn3)CC2)nn1-c1cccc(C(F)(F)F)c1. The molecule has 2 aromatic heterocycles. The smallest absolute Gasteiger partial charge is 0.353 e. The molecule has 4 rings (SSSR count). The highest BCUT2D eigenvalue weighted by molar-refractivity contribution is 6.30. The van der Waals surface area contributed by atoms with Crippen LogP contribution >= 0.6 is 11.6 Å². The summed E-state index contributed by atoms with van der Waals surface area (Å²) in [6.07, 6.45) is -2.99. The Hall–Kier alpha value is -3.40. The molecular weight excluding hydrogens is 459 g/mol. The molecule has 0 aliphatic carbocycles. The van der Waals surface area contributed by atoms with Gasteiger partial charge in [0.15, 0.2) is 5.69 Å². The van der Waals surface area contributed by atoms with E-state index < -0.39 is 23.1 Å². The number of piperazine rings is 1. The van der Waals surface area contributed by atoms with Gasteiger partial charge in [0.05, 0.1) is 16.3 Å². The number of halogens is 4. The Balaban J connectivity index is 1.57. The number of rotatable bonds is 3. The minimum atomic E-state index is -4.53. The van der Waals surface area contributed by atoms with Crippen LogP contribution in [0, 0.1) is 6.92 Å². The van der Waals surface area contributed by atoms with Gasteiger partial charge >= 0.3 is 6.18 Å². The number of benzene rings is 1. The first kappa shape index (κ1) is 22.8. The summed E-state index contributed by atoms with van der Waals surface area (Å²) in [5, 5.41) is 4.66. The summed E-state index contributed by atoms with van der Waals surface area (Å²) >= 11 is 5.87. The third-order valence-corrected chi connectivity index (χ3v) is 5.55. The molecule has 0 unspecified atom stereocenters. The van der Waals surface area contributed by atoms with E-state index in [-0.39, 0.29) is 11.4 Å². The average Bonchev–Trinajstić information content (AvgIpc) is 2.79. The van der Waals surface area contributed by atoms with Crippen LogP contribution in [0.15, 0.2) is 53.5 Å². The number of pyridine rings is 1. The Bertz CT molecular complexity index is 1240. The normalized spacial score (nSPS) is 14.5. The molecule has 1 aliphatic rings.